The van der Waals surface area contributed by atoms with Gasteiger partial charge in [-0.05, 0) is 79.0 Å². The van der Waals surface area contributed by atoms with Gasteiger partial charge >= 0.3 is 24.4 Å². The molecule has 0 spiro atoms. The third-order valence-electron chi connectivity index (χ3n) is 6.09. The average Bonchev–Trinajstić information content (AvgIpc) is 2.77. The van der Waals surface area contributed by atoms with Crippen LogP contribution in [0.2, 0.25) is 0 Å². The van der Waals surface area contributed by atoms with Crippen LogP contribution in [0, 0.1) is 11.8 Å². The highest BCUT2D eigenvalue weighted by Crippen LogP contribution is 2.33. The third kappa shape index (κ3) is 11.8. The minimum absolute atomic E-state index is 0.0577. The Kier molecular flexibility index (Phi) is 12.0. The van der Waals surface area contributed by atoms with Crippen LogP contribution in [-0.2, 0) is 30.2 Å². The summed E-state index contributed by atoms with van der Waals surface area (Å²) in [4.78, 5) is 49.4. The topological polar surface area (TPSA) is 170 Å². The molecule has 0 aliphatic rings. The number of carboxylic acids is 1. The quantitative estimate of drug-likeness (QED) is 0.191. The maximum absolute atomic E-state index is 12.4. The van der Waals surface area contributed by atoms with Gasteiger partial charge in [0, 0.05) is 12.3 Å². The van der Waals surface area contributed by atoms with Crippen molar-refractivity contribution in [2.45, 2.75) is 112 Å². The smallest absolute Gasteiger partial charge is 0.480 e. The Morgan fingerprint density at radius 1 is 0.756 bits per heavy atom. The van der Waals surface area contributed by atoms with Gasteiger partial charge in [0.25, 0.3) is 0 Å². The summed E-state index contributed by atoms with van der Waals surface area (Å²) in [5.74, 6) is -2.58. The number of ether oxygens (including phenoxy) is 6. The lowest BCUT2D eigenvalue weighted by atomic mass is 9.78. The van der Waals surface area contributed by atoms with Crippen molar-refractivity contribution in [2.24, 2.45) is 17.6 Å². The van der Waals surface area contributed by atoms with Crippen molar-refractivity contribution in [1.82, 2.24) is 0 Å². The first kappa shape index (κ1) is 35.5. The van der Waals surface area contributed by atoms with Crippen LogP contribution in [0.1, 0.15) is 81.7 Å². The van der Waals surface area contributed by atoms with E-state index in [1.165, 1.54) is 32.0 Å². The van der Waals surface area contributed by atoms with Crippen molar-refractivity contribution < 1.29 is 52.7 Å². The number of hydrogen-bond acceptors (Lipinski definition) is 11. The van der Waals surface area contributed by atoms with Crippen LogP contribution in [-0.4, -0.2) is 58.5 Å². The van der Waals surface area contributed by atoms with Gasteiger partial charge in [0.15, 0.2) is 11.5 Å². The van der Waals surface area contributed by atoms with Crippen molar-refractivity contribution in [3.8, 4) is 11.5 Å². The summed E-state index contributed by atoms with van der Waals surface area (Å²) in [5, 5.41) is 10.1. The molecule has 1 aromatic carbocycles. The van der Waals surface area contributed by atoms with Crippen LogP contribution >= 0.6 is 0 Å². The Labute approximate surface area is 241 Å². The van der Waals surface area contributed by atoms with E-state index in [-0.39, 0.29) is 23.8 Å². The molecule has 0 fully saturated rings. The number of benzene rings is 1. The fraction of sp³-hybridized carbons (Fsp3) is 0.655. The molecule has 41 heavy (non-hydrogen) atoms. The molecular weight excluding hydrogens is 538 g/mol. The van der Waals surface area contributed by atoms with Gasteiger partial charge in [0.05, 0.1) is 0 Å². The third-order valence-corrected chi connectivity index (χ3v) is 6.09. The molecule has 0 saturated carbocycles. The summed E-state index contributed by atoms with van der Waals surface area (Å²) in [7, 11) is 0. The molecule has 0 heterocycles. The molecule has 1 unspecified atom stereocenters. The van der Waals surface area contributed by atoms with E-state index < -0.39 is 59.3 Å². The molecule has 0 amide bonds. The SMILES string of the molecule is CC(C)C(C)OC(=O)O[C@@H](C)[C@@H](C)[C@](N)(Cc1ccc(OC(=O)OC(C)(C)C)c(OC(=O)OC(C)(C)C)c1)C(=O)O. The molecule has 0 aromatic heterocycles. The predicted molar refractivity (Wildman–Crippen MR) is 149 cm³/mol. The molecule has 12 nitrogen and oxygen atoms in total. The van der Waals surface area contributed by atoms with Crippen molar-refractivity contribution in [3.63, 3.8) is 0 Å². The van der Waals surface area contributed by atoms with Gasteiger partial charge in [0.1, 0.15) is 28.9 Å². The van der Waals surface area contributed by atoms with Crippen molar-refractivity contribution in [3.05, 3.63) is 23.8 Å². The van der Waals surface area contributed by atoms with Gasteiger partial charge in [-0.3, -0.25) is 4.79 Å². The minimum atomic E-state index is -1.93. The van der Waals surface area contributed by atoms with E-state index in [0.717, 1.165) is 0 Å². The van der Waals surface area contributed by atoms with E-state index in [1.54, 1.807) is 48.5 Å². The number of carbonyl (C=O) groups excluding carboxylic acids is 3. The number of hydrogen-bond donors (Lipinski definition) is 2. The normalized spacial score (nSPS) is 15.5. The molecule has 1 aromatic rings. The molecule has 0 aliphatic heterocycles. The molecule has 3 N–H and O–H groups in total. The number of carbonyl (C=O) groups is 4. The zero-order valence-corrected chi connectivity index (χ0v) is 25.9. The summed E-state index contributed by atoms with van der Waals surface area (Å²) in [5.41, 5.74) is 3.06. The van der Waals surface area contributed by atoms with Crippen LogP contribution in [0.3, 0.4) is 0 Å². The molecule has 12 heteroatoms. The minimum Gasteiger partial charge on any atom is -0.480 e. The van der Waals surface area contributed by atoms with Crippen LogP contribution in [0.25, 0.3) is 0 Å². The van der Waals surface area contributed by atoms with E-state index in [0.29, 0.717) is 5.56 Å². The lowest BCUT2D eigenvalue weighted by Crippen LogP contribution is -2.58. The van der Waals surface area contributed by atoms with Gasteiger partial charge in [-0.15, -0.1) is 0 Å². The first-order chi connectivity index (χ1) is 18.5. The molecular formula is C29H45NO11. The second-order valence-corrected chi connectivity index (χ2v) is 12.4. The second kappa shape index (κ2) is 13.9. The first-order valence-electron chi connectivity index (χ1n) is 13.4. The fourth-order valence-corrected chi connectivity index (χ4v) is 3.31. The number of carboxylic acid groups (broad SMARTS) is 1. The Balaban J connectivity index is 3.30. The number of aliphatic carboxylic acids is 1. The molecule has 232 valence electrons. The van der Waals surface area contributed by atoms with E-state index >= 15 is 0 Å². The Morgan fingerprint density at radius 3 is 1.66 bits per heavy atom. The van der Waals surface area contributed by atoms with Crippen LogP contribution in [0.5, 0.6) is 11.5 Å². The standard InChI is InChI=1S/C29H45NO11/c1-16(2)18(4)36-24(33)37-19(5)17(3)29(30,23(31)32)15-20-12-13-21(38-25(34)40-27(6,7)8)22(14-20)39-26(35)41-28(9,10)11/h12-14,16-19H,15,30H2,1-11H3,(H,31,32)/t17-,18?,19+,29-/m1/s1. The summed E-state index contributed by atoms with van der Waals surface area (Å²) >= 11 is 0. The summed E-state index contributed by atoms with van der Waals surface area (Å²) in [6.07, 6.45) is -4.67. The Hall–Kier alpha value is -3.54. The summed E-state index contributed by atoms with van der Waals surface area (Å²) in [6, 6.07) is 4.09. The van der Waals surface area contributed by atoms with E-state index in [9.17, 15) is 24.3 Å². The fourth-order valence-electron chi connectivity index (χ4n) is 3.31. The van der Waals surface area contributed by atoms with Crippen molar-refractivity contribution in [2.75, 3.05) is 0 Å². The van der Waals surface area contributed by atoms with Gasteiger partial charge in [-0.1, -0.05) is 26.8 Å². The average molecular weight is 584 g/mol. The highest BCUT2D eigenvalue weighted by atomic mass is 16.8. The zero-order chi connectivity index (χ0) is 31.9. The van der Waals surface area contributed by atoms with Crippen molar-refractivity contribution in [1.29, 1.82) is 0 Å². The number of nitrogens with two attached hydrogens (primary N) is 1. The van der Waals surface area contributed by atoms with Gasteiger partial charge in [-0.2, -0.15) is 0 Å². The molecule has 1 rings (SSSR count). The zero-order valence-electron chi connectivity index (χ0n) is 25.9. The molecule has 0 saturated heterocycles. The highest BCUT2D eigenvalue weighted by molar-refractivity contribution is 5.80. The summed E-state index contributed by atoms with van der Waals surface area (Å²) in [6.45, 7) is 18.4. The van der Waals surface area contributed by atoms with Crippen LogP contribution < -0.4 is 15.2 Å². The molecule has 0 radical (unpaired) electrons. The van der Waals surface area contributed by atoms with Gasteiger partial charge in [0.2, 0.25) is 0 Å². The summed E-state index contributed by atoms with van der Waals surface area (Å²) < 4.78 is 31.5. The lowest BCUT2D eigenvalue weighted by Gasteiger charge is -2.35. The number of rotatable bonds is 10. The van der Waals surface area contributed by atoms with Crippen LogP contribution in [0.15, 0.2) is 18.2 Å². The highest BCUT2D eigenvalue weighted by Gasteiger charge is 2.44. The second-order valence-electron chi connectivity index (χ2n) is 12.4. The largest absolute Gasteiger partial charge is 0.514 e. The first-order valence-corrected chi connectivity index (χ1v) is 13.4. The van der Waals surface area contributed by atoms with E-state index in [2.05, 4.69) is 0 Å². The molecule has 0 bridgehead atoms. The maximum Gasteiger partial charge on any atom is 0.514 e. The lowest BCUT2D eigenvalue weighted by molar-refractivity contribution is -0.147. The maximum atomic E-state index is 12.4. The monoisotopic (exact) mass is 583 g/mol. The Bertz CT molecular complexity index is 1090. The molecule has 0 aliphatic carbocycles. The van der Waals surface area contributed by atoms with Crippen LogP contribution in [0.4, 0.5) is 14.4 Å². The Morgan fingerprint density at radius 2 is 1.22 bits per heavy atom. The van der Waals surface area contributed by atoms with E-state index in [1.807, 2.05) is 13.8 Å². The van der Waals surface area contributed by atoms with Gasteiger partial charge in [-0.25, -0.2) is 14.4 Å². The van der Waals surface area contributed by atoms with Gasteiger partial charge < -0.3 is 39.3 Å². The van der Waals surface area contributed by atoms with Crippen molar-refractivity contribution >= 4 is 24.4 Å². The predicted octanol–water partition coefficient (Wildman–Crippen LogP) is 5.86. The van der Waals surface area contributed by atoms with E-state index in [4.69, 9.17) is 34.2 Å². The molecule has 4 atom stereocenters.